The van der Waals surface area contributed by atoms with Crippen molar-refractivity contribution in [2.45, 2.75) is 19.8 Å². The molecule has 0 spiro atoms. The van der Waals surface area contributed by atoms with E-state index in [1.807, 2.05) is 37.3 Å². The van der Waals surface area contributed by atoms with Crippen molar-refractivity contribution in [3.8, 4) is 0 Å². The zero-order valence-electron chi connectivity index (χ0n) is 13.8. The average molecular weight is 344 g/mol. The van der Waals surface area contributed by atoms with E-state index < -0.39 is 0 Å². The third kappa shape index (κ3) is 4.20. The molecule has 0 atom stereocenters. The molecule has 5 heteroatoms. The van der Waals surface area contributed by atoms with Gasteiger partial charge in [0.2, 0.25) is 5.91 Å². The molecule has 126 valence electrons. The molecule has 0 aliphatic carbocycles. The van der Waals surface area contributed by atoms with E-state index in [1.54, 1.807) is 0 Å². The van der Waals surface area contributed by atoms with Gasteiger partial charge in [-0.05, 0) is 67.8 Å². The van der Waals surface area contributed by atoms with Crippen LogP contribution >= 0.6 is 11.6 Å². The average Bonchev–Trinajstić information content (AvgIpc) is 3.09. The fourth-order valence-electron chi connectivity index (χ4n) is 2.94. The SMILES string of the molecule is Cc1cc(Cl)ccc1NCC(=O)Nc1ccc(N2CCCC2)cc1. The van der Waals surface area contributed by atoms with Crippen molar-refractivity contribution in [3.63, 3.8) is 0 Å². The van der Waals surface area contributed by atoms with Crippen LogP contribution in [0.5, 0.6) is 0 Å². The predicted molar refractivity (Wildman–Crippen MR) is 101 cm³/mol. The fraction of sp³-hybridized carbons (Fsp3) is 0.316. The molecule has 4 nitrogen and oxygen atoms in total. The summed E-state index contributed by atoms with van der Waals surface area (Å²) in [5, 5.41) is 6.75. The van der Waals surface area contributed by atoms with Gasteiger partial charge in [0.15, 0.2) is 0 Å². The van der Waals surface area contributed by atoms with Gasteiger partial charge in [0.05, 0.1) is 6.54 Å². The number of hydrogen-bond acceptors (Lipinski definition) is 3. The number of carbonyl (C=O) groups is 1. The lowest BCUT2D eigenvalue weighted by Gasteiger charge is -2.18. The second-order valence-corrected chi connectivity index (χ2v) is 6.54. The Balaban J connectivity index is 1.52. The Morgan fingerprint density at radius 1 is 1.12 bits per heavy atom. The van der Waals surface area contributed by atoms with Gasteiger partial charge in [-0.25, -0.2) is 0 Å². The lowest BCUT2D eigenvalue weighted by atomic mass is 10.2. The van der Waals surface area contributed by atoms with E-state index in [0.29, 0.717) is 5.02 Å². The Morgan fingerprint density at radius 2 is 1.83 bits per heavy atom. The molecule has 0 unspecified atom stereocenters. The van der Waals surface area contributed by atoms with Crippen molar-refractivity contribution < 1.29 is 4.79 Å². The molecule has 2 aromatic rings. The number of anilines is 3. The Hall–Kier alpha value is -2.20. The number of carbonyl (C=O) groups excluding carboxylic acids is 1. The van der Waals surface area contributed by atoms with Crippen molar-refractivity contribution in [1.29, 1.82) is 0 Å². The van der Waals surface area contributed by atoms with Crippen LogP contribution in [0.15, 0.2) is 42.5 Å². The standard InChI is InChI=1S/C19H22ClN3O/c1-14-12-15(20)4-9-18(14)21-13-19(24)22-16-5-7-17(8-6-16)23-10-2-3-11-23/h4-9,12,21H,2-3,10-11,13H2,1H3,(H,22,24). The summed E-state index contributed by atoms with van der Waals surface area (Å²) in [4.78, 5) is 14.5. The van der Waals surface area contributed by atoms with Crippen LogP contribution in [0, 0.1) is 6.92 Å². The van der Waals surface area contributed by atoms with Crippen LogP contribution in [-0.2, 0) is 4.79 Å². The smallest absolute Gasteiger partial charge is 0.243 e. The summed E-state index contributed by atoms with van der Waals surface area (Å²) in [6.45, 7) is 4.42. The highest BCUT2D eigenvalue weighted by molar-refractivity contribution is 6.30. The van der Waals surface area contributed by atoms with Crippen LogP contribution < -0.4 is 15.5 Å². The van der Waals surface area contributed by atoms with Crippen LogP contribution in [0.2, 0.25) is 5.02 Å². The van der Waals surface area contributed by atoms with Gasteiger partial charge in [0.1, 0.15) is 0 Å². The summed E-state index contributed by atoms with van der Waals surface area (Å²) in [6.07, 6.45) is 2.52. The molecule has 1 fully saturated rings. The molecule has 24 heavy (non-hydrogen) atoms. The van der Waals surface area contributed by atoms with Gasteiger partial charge in [-0.3, -0.25) is 4.79 Å². The molecule has 1 saturated heterocycles. The van der Waals surface area contributed by atoms with Gasteiger partial charge in [-0.15, -0.1) is 0 Å². The third-order valence-corrected chi connectivity index (χ3v) is 4.49. The summed E-state index contributed by atoms with van der Waals surface area (Å²) in [6, 6.07) is 13.6. The van der Waals surface area contributed by atoms with Gasteiger partial charge in [0, 0.05) is 35.2 Å². The molecule has 1 amide bonds. The zero-order chi connectivity index (χ0) is 16.9. The number of nitrogens with zero attached hydrogens (tertiary/aromatic N) is 1. The lowest BCUT2D eigenvalue weighted by molar-refractivity contribution is -0.114. The van der Waals surface area contributed by atoms with Gasteiger partial charge in [-0.1, -0.05) is 11.6 Å². The first-order chi connectivity index (χ1) is 11.6. The Bertz CT molecular complexity index is 709. The van der Waals surface area contributed by atoms with Gasteiger partial charge in [-0.2, -0.15) is 0 Å². The van der Waals surface area contributed by atoms with E-state index in [9.17, 15) is 4.79 Å². The quantitative estimate of drug-likeness (QED) is 0.850. The number of nitrogens with one attached hydrogen (secondary N) is 2. The molecule has 3 rings (SSSR count). The van der Waals surface area contributed by atoms with Crippen molar-refractivity contribution >= 4 is 34.6 Å². The molecule has 2 N–H and O–H groups in total. The summed E-state index contributed by atoms with van der Waals surface area (Å²) in [5.74, 6) is -0.0710. The number of aryl methyl sites for hydroxylation is 1. The molecule has 0 saturated carbocycles. The highest BCUT2D eigenvalue weighted by atomic mass is 35.5. The molecule has 1 aliphatic heterocycles. The van der Waals surface area contributed by atoms with E-state index in [-0.39, 0.29) is 12.5 Å². The molecule has 0 aromatic heterocycles. The number of halogens is 1. The van der Waals surface area contributed by atoms with E-state index in [0.717, 1.165) is 30.0 Å². The van der Waals surface area contributed by atoms with Gasteiger partial charge < -0.3 is 15.5 Å². The first-order valence-corrected chi connectivity index (χ1v) is 8.64. The fourth-order valence-corrected chi connectivity index (χ4v) is 3.16. The first kappa shape index (κ1) is 16.7. The van der Waals surface area contributed by atoms with Crippen LogP contribution in [0.25, 0.3) is 0 Å². The molecule has 0 radical (unpaired) electrons. The van der Waals surface area contributed by atoms with E-state index in [4.69, 9.17) is 11.6 Å². The van der Waals surface area contributed by atoms with Crippen LogP contribution in [0.1, 0.15) is 18.4 Å². The van der Waals surface area contributed by atoms with Crippen molar-refractivity contribution in [2.75, 3.05) is 35.2 Å². The van der Waals surface area contributed by atoms with E-state index >= 15 is 0 Å². The summed E-state index contributed by atoms with van der Waals surface area (Å²) >= 11 is 5.94. The molecule has 2 aromatic carbocycles. The highest BCUT2D eigenvalue weighted by Crippen LogP contribution is 2.22. The van der Waals surface area contributed by atoms with Crippen LogP contribution in [0.3, 0.4) is 0 Å². The van der Waals surface area contributed by atoms with E-state index in [2.05, 4.69) is 27.7 Å². The zero-order valence-corrected chi connectivity index (χ0v) is 14.6. The molecular weight excluding hydrogens is 322 g/mol. The van der Waals surface area contributed by atoms with Crippen molar-refractivity contribution in [1.82, 2.24) is 0 Å². The largest absolute Gasteiger partial charge is 0.376 e. The Labute approximate surface area is 147 Å². The van der Waals surface area contributed by atoms with Crippen molar-refractivity contribution in [2.24, 2.45) is 0 Å². The number of hydrogen-bond donors (Lipinski definition) is 2. The van der Waals surface area contributed by atoms with E-state index in [1.165, 1.54) is 18.5 Å². The van der Waals surface area contributed by atoms with Gasteiger partial charge in [0.25, 0.3) is 0 Å². The maximum Gasteiger partial charge on any atom is 0.243 e. The van der Waals surface area contributed by atoms with Crippen molar-refractivity contribution in [3.05, 3.63) is 53.1 Å². The predicted octanol–water partition coefficient (Wildman–Crippen LogP) is 4.30. The molecular formula is C19H22ClN3O. The lowest BCUT2D eigenvalue weighted by Crippen LogP contribution is -2.22. The second-order valence-electron chi connectivity index (χ2n) is 6.10. The first-order valence-electron chi connectivity index (χ1n) is 8.27. The minimum Gasteiger partial charge on any atom is -0.376 e. The number of amides is 1. The topological polar surface area (TPSA) is 44.4 Å². The highest BCUT2D eigenvalue weighted by Gasteiger charge is 2.12. The minimum absolute atomic E-state index is 0.0710. The number of benzene rings is 2. The summed E-state index contributed by atoms with van der Waals surface area (Å²) < 4.78 is 0. The molecule has 1 heterocycles. The summed E-state index contributed by atoms with van der Waals surface area (Å²) in [5.41, 5.74) is 3.97. The molecule has 1 aliphatic rings. The summed E-state index contributed by atoms with van der Waals surface area (Å²) in [7, 11) is 0. The van der Waals surface area contributed by atoms with Gasteiger partial charge >= 0.3 is 0 Å². The van der Waals surface area contributed by atoms with Crippen LogP contribution in [0.4, 0.5) is 17.1 Å². The van der Waals surface area contributed by atoms with Crippen LogP contribution in [-0.4, -0.2) is 25.5 Å². The monoisotopic (exact) mass is 343 g/mol. The second kappa shape index (κ2) is 7.58. The maximum atomic E-state index is 12.1. The normalized spacial score (nSPS) is 13.8. The minimum atomic E-state index is -0.0710. The Kier molecular flexibility index (Phi) is 5.26. The number of rotatable bonds is 5. The third-order valence-electron chi connectivity index (χ3n) is 4.25. The molecule has 0 bridgehead atoms. The maximum absolute atomic E-state index is 12.1. The Morgan fingerprint density at radius 3 is 2.50 bits per heavy atom.